The number of hydrogen-bond donors (Lipinski definition) is 1. The maximum absolute atomic E-state index is 13.2. The van der Waals surface area contributed by atoms with E-state index >= 15 is 0 Å². The number of nitrogens with zero attached hydrogens (tertiary/aromatic N) is 1. The first kappa shape index (κ1) is 12.8. The number of halogens is 4. The Morgan fingerprint density at radius 3 is 2.63 bits per heavy atom. The van der Waals surface area contributed by atoms with Crippen molar-refractivity contribution in [2.45, 2.75) is 0 Å². The van der Waals surface area contributed by atoms with Gasteiger partial charge in [-0.05, 0) is 40.8 Å². The molecule has 0 radical (unpaired) electrons. The third-order valence-corrected chi connectivity index (χ3v) is 3.88. The molecular weight excluding hydrogens is 385 g/mol. The summed E-state index contributed by atoms with van der Waals surface area (Å²) in [5.41, 5.74) is 1.62. The van der Waals surface area contributed by atoms with Gasteiger partial charge in [-0.25, -0.2) is 13.8 Å². The first-order chi connectivity index (χ1) is 9.04. The van der Waals surface area contributed by atoms with Crippen molar-refractivity contribution in [3.8, 4) is 11.4 Å². The van der Waals surface area contributed by atoms with E-state index in [1.54, 1.807) is 12.1 Å². The Kier molecular flexibility index (Phi) is 3.18. The van der Waals surface area contributed by atoms with Crippen molar-refractivity contribution >= 4 is 45.2 Å². The molecule has 3 aromatic rings. The van der Waals surface area contributed by atoms with Gasteiger partial charge in [0.05, 0.1) is 11.0 Å². The Morgan fingerprint density at radius 1 is 1.11 bits per heavy atom. The average molecular weight is 391 g/mol. The van der Waals surface area contributed by atoms with Crippen molar-refractivity contribution in [2.75, 3.05) is 0 Å². The fourth-order valence-electron chi connectivity index (χ4n) is 1.81. The molecule has 0 saturated heterocycles. The van der Waals surface area contributed by atoms with Gasteiger partial charge in [-0.1, -0.05) is 11.6 Å². The van der Waals surface area contributed by atoms with Gasteiger partial charge in [0, 0.05) is 26.3 Å². The van der Waals surface area contributed by atoms with Crippen molar-refractivity contribution in [1.82, 2.24) is 9.97 Å². The van der Waals surface area contributed by atoms with Crippen LogP contribution in [0.2, 0.25) is 5.02 Å². The second-order valence-electron chi connectivity index (χ2n) is 3.99. The fraction of sp³-hybridized carbons (Fsp3) is 0. The van der Waals surface area contributed by atoms with Gasteiger partial charge in [0.25, 0.3) is 0 Å². The zero-order valence-corrected chi connectivity index (χ0v) is 12.3. The molecule has 0 atom stereocenters. The summed E-state index contributed by atoms with van der Waals surface area (Å²) in [6.07, 6.45) is 0. The van der Waals surface area contributed by atoms with Crippen molar-refractivity contribution in [2.24, 2.45) is 0 Å². The molecule has 0 aliphatic rings. The van der Waals surface area contributed by atoms with Gasteiger partial charge >= 0.3 is 0 Å². The van der Waals surface area contributed by atoms with E-state index in [0.29, 0.717) is 21.9 Å². The van der Waals surface area contributed by atoms with E-state index in [1.807, 2.05) is 6.07 Å². The van der Waals surface area contributed by atoms with Crippen LogP contribution in [0, 0.1) is 15.2 Å². The van der Waals surface area contributed by atoms with Crippen LogP contribution in [0.5, 0.6) is 0 Å². The molecule has 0 aliphatic heterocycles. The van der Waals surface area contributed by atoms with E-state index in [9.17, 15) is 8.78 Å². The predicted molar refractivity (Wildman–Crippen MR) is 79.2 cm³/mol. The molecule has 2 nitrogen and oxygen atoms in total. The third-order valence-electron chi connectivity index (χ3n) is 2.71. The van der Waals surface area contributed by atoms with E-state index < -0.39 is 11.6 Å². The Hall–Kier alpha value is -1.21. The van der Waals surface area contributed by atoms with Gasteiger partial charge in [0.2, 0.25) is 0 Å². The number of imidazole rings is 1. The zero-order chi connectivity index (χ0) is 13.6. The summed E-state index contributed by atoms with van der Waals surface area (Å²) in [5.74, 6) is -1.28. The van der Waals surface area contributed by atoms with E-state index in [2.05, 4.69) is 32.6 Å². The Labute approximate surface area is 125 Å². The number of rotatable bonds is 1. The van der Waals surface area contributed by atoms with E-state index in [4.69, 9.17) is 11.6 Å². The maximum Gasteiger partial charge on any atom is 0.161 e. The van der Waals surface area contributed by atoms with E-state index in [0.717, 1.165) is 21.3 Å². The first-order valence-corrected chi connectivity index (χ1v) is 6.80. The molecule has 2 aromatic carbocycles. The minimum absolute atomic E-state index is 0.379. The summed E-state index contributed by atoms with van der Waals surface area (Å²) in [6.45, 7) is 0. The van der Waals surface area contributed by atoms with Crippen LogP contribution >= 0.6 is 34.2 Å². The average Bonchev–Trinajstić information content (AvgIpc) is 2.75. The molecule has 1 heterocycles. The molecule has 3 rings (SSSR count). The molecule has 0 aliphatic carbocycles. The normalized spacial score (nSPS) is 11.2. The van der Waals surface area contributed by atoms with Gasteiger partial charge in [-0.15, -0.1) is 0 Å². The van der Waals surface area contributed by atoms with Gasteiger partial charge < -0.3 is 4.98 Å². The highest BCUT2D eigenvalue weighted by Crippen LogP contribution is 2.28. The number of aromatic nitrogens is 2. The summed E-state index contributed by atoms with van der Waals surface area (Å²) in [7, 11) is 0. The molecule has 0 amide bonds. The largest absolute Gasteiger partial charge is 0.338 e. The Balaban J connectivity index is 2.23. The van der Waals surface area contributed by atoms with Crippen molar-refractivity contribution < 1.29 is 8.78 Å². The van der Waals surface area contributed by atoms with Crippen molar-refractivity contribution in [1.29, 1.82) is 0 Å². The van der Waals surface area contributed by atoms with Crippen LogP contribution in [0.3, 0.4) is 0 Å². The van der Waals surface area contributed by atoms with Gasteiger partial charge in [0.1, 0.15) is 5.82 Å². The number of nitrogens with one attached hydrogen (secondary N) is 1. The number of fused-ring (bicyclic) bond motifs is 1. The molecule has 1 N–H and O–H groups in total. The summed E-state index contributed by atoms with van der Waals surface area (Å²) in [5, 5.41) is 0.577. The van der Waals surface area contributed by atoms with Crippen LogP contribution in [0.15, 0.2) is 30.3 Å². The summed E-state index contributed by atoms with van der Waals surface area (Å²) in [4.78, 5) is 7.23. The standard InChI is InChI=1S/C13H6ClF2IN2/c14-6-1-2-10(17)7(3-6)13-18-11-4-8(15)9(16)5-12(11)19-13/h1-5H,(H,18,19). The number of benzene rings is 2. The van der Waals surface area contributed by atoms with Crippen LogP contribution in [0.4, 0.5) is 8.78 Å². The van der Waals surface area contributed by atoms with Gasteiger partial charge in [0.15, 0.2) is 11.6 Å². The van der Waals surface area contributed by atoms with Gasteiger partial charge in [-0.3, -0.25) is 0 Å². The number of aromatic amines is 1. The second kappa shape index (κ2) is 4.72. The highest BCUT2D eigenvalue weighted by molar-refractivity contribution is 14.1. The molecule has 0 saturated carbocycles. The topological polar surface area (TPSA) is 28.7 Å². The lowest BCUT2D eigenvalue weighted by atomic mass is 10.2. The molecule has 19 heavy (non-hydrogen) atoms. The molecule has 96 valence electrons. The highest BCUT2D eigenvalue weighted by atomic mass is 127. The van der Waals surface area contributed by atoms with Crippen LogP contribution in [0.1, 0.15) is 0 Å². The Bertz CT molecular complexity index is 747. The fourth-order valence-corrected chi connectivity index (χ4v) is 2.57. The Morgan fingerprint density at radius 2 is 1.84 bits per heavy atom. The molecule has 0 unspecified atom stereocenters. The van der Waals surface area contributed by atoms with E-state index in [-0.39, 0.29) is 0 Å². The van der Waals surface area contributed by atoms with Crippen LogP contribution in [0.25, 0.3) is 22.4 Å². The summed E-state index contributed by atoms with van der Waals surface area (Å²) >= 11 is 8.10. The number of hydrogen-bond acceptors (Lipinski definition) is 1. The van der Waals surface area contributed by atoms with Crippen molar-refractivity contribution in [3.05, 3.63) is 50.6 Å². The highest BCUT2D eigenvalue weighted by Gasteiger charge is 2.12. The number of H-pyrrole nitrogens is 1. The minimum Gasteiger partial charge on any atom is -0.338 e. The minimum atomic E-state index is -0.911. The molecule has 0 spiro atoms. The molecular formula is C13H6ClF2IN2. The third kappa shape index (κ3) is 2.32. The molecule has 0 fully saturated rings. The quantitative estimate of drug-likeness (QED) is 0.596. The lowest BCUT2D eigenvalue weighted by molar-refractivity contribution is 0.510. The van der Waals surface area contributed by atoms with Crippen molar-refractivity contribution in [3.63, 3.8) is 0 Å². The first-order valence-electron chi connectivity index (χ1n) is 5.35. The predicted octanol–water partition coefficient (Wildman–Crippen LogP) is 4.77. The van der Waals surface area contributed by atoms with Crippen LogP contribution < -0.4 is 0 Å². The van der Waals surface area contributed by atoms with E-state index in [1.165, 1.54) is 0 Å². The lowest BCUT2D eigenvalue weighted by Crippen LogP contribution is -1.84. The monoisotopic (exact) mass is 390 g/mol. The smallest absolute Gasteiger partial charge is 0.161 e. The molecule has 6 heteroatoms. The lowest BCUT2D eigenvalue weighted by Gasteiger charge is -2.00. The molecule has 1 aromatic heterocycles. The second-order valence-corrected chi connectivity index (χ2v) is 5.59. The molecule has 0 bridgehead atoms. The summed E-state index contributed by atoms with van der Waals surface area (Å²) in [6, 6.07) is 7.55. The van der Waals surface area contributed by atoms with Crippen LogP contribution in [-0.2, 0) is 0 Å². The SMILES string of the molecule is Fc1cc2nc(-c3cc(Cl)ccc3I)[nH]c2cc1F. The zero-order valence-electron chi connectivity index (χ0n) is 9.35. The summed E-state index contributed by atoms with van der Waals surface area (Å²) < 4.78 is 27.3. The maximum atomic E-state index is 13.2. The van der Waals surface area contributed by atoms with Gasteiger partial charge in [-0.2, -0.15) is 0 Å². The van der Waals surface area contributed by atoms with Crippen LogP contribution in [-0.4, -0.2) is 9.97 Å².